The third kappa shape index (κ3) is 8.40. The van der Waals surface area contributed by atoms with Crippen molar-refractivity contribution in [2.24, 2.45) is 5.92 Å². The van der Waals surface area contributed by atoms with Crippen LogP contribution in [0.15, 0.2) is 24.3 Å². The third-order valence-electron chi connectivity index (χ3n) is 5.52. The second-order valence-corrected chi connectivity index (χ2v) is 9.19. The Bertz CT molecular complexity index is 819. The Hall–Kier alpha value is -2.28. The predicted molar refractivity (Wildman–Crippen MR) is 128 cm³/mol. The first-order valence-electron chi connectivity index (χ1n) is 11.4. The van der Waals surface area contributed by atoms with Gasteiger partial charge in [-0.1, -0.05) is 100 Å². The number of rotatable bonds is 13. The lowest BCUT2D eigenvalue weighted by atomic mass is 9.98. The van der Waals surface area contributed by atoms with Crippen LogP contribution in [0.3, 0.4) is 0 Å². The quantitative estimate of drug-likeness (QED) is 0.386. The molecule has 2 atom stereocenters. The van der Waals surface area contributed by atoms with Gasteiger partial charge in [0.2, 0.25) is 16.9 Å². The zero-order valence-electron chi connectivity index (χ0n) is 19.2. The normalized spacial score (nSPS) is 12.9. The maximum Gasteiger partial charge on any atom is 0.249 e. The molecular formula is C24H36N4O2S. The van der Waals surface area contributed by atoms with Crippen LogP contribution in [-0.2, 0) is 9.59 Å². The summed E-state index contributed by atoms with van der Waals surface area (Å²) in [5.41, 5.74) is 2.14. The van der Waals surface area contributed by atoms with Gasteiger partial charge >= 0.3 is 0 Å². The molecule has 6 nitrogen and oxygen atoms in total. The molecule has 2 unspecified atom stereocenters. The van der Waals surface area contributed by atoms with Gasteiger partial charge < -0.3 is 5.32 Å². The standard InChI is InChI=1S/C24H36N4O2S/c1-5-7-8-9-10-11-12-20(29)25-21(18(4)6-2)22(30)26-24-28-27-23(31-24)19-15-13-17(3)14-16-19/h13-16,18,21H,5-12H2,1-4H3,(H,25,29)(H,26,28,30). The molecule has 0 aliphatic heterocycles. The number of unbranched alkanes of at least 4 members (excludes halogenated alkanes) is 5. The van der Waals surface area contributed by atoms with Crippen molar-refractivity contribution in [3.05, 3.63) is 29.8 Å². The lowest BCUT2D eigenvalue weighted by molar-refractivity contribution is -0.127. The van der Waals surface area contributed by atoms with Gasteiger partial charge in [-0.15, -0.1) is 10.2 Å². The smallest absolute Gasteiger partial charge is 0.249 e. The molecule has 2 N–H and O–H groups in total. The van der Waals surface area contributed by atoms with Gasteiger partial charge in [-0.3, -0.25) is 14.9 Å². The van der Waals surface area contributed by atoms with Crippen molar-refractivity contribution in [2.75, 3.05) is 5.32 Å². The fraction of sp³-hybridized carbons (Fsp3) is 0.583. The summed E-state index contributed by atoms with van der Waals surface area (Å²) in [6, 6.07) is 7.45. The van der Waals surface area contributed by atoms with E-state index in [1.54, 1.807) is 0 Å². The highest BCUT2D eigenvalue weighted by molar-refractivity contribution is 7.18. The highest BCUT2D eigenvalue weighted by atomic mass is 32.1. The summed E-state index contributed by atoms with van der Waals surface area (Å²) in [7, 11) is 0. The van der Waals surface area contributed by atoms with E-state index in [1.807, 2.05) is 45.0 Å². The van der Waals surface area contributed by atoms with Crippen LogP contribution in [0.25, 0.3) is 10.6 Å². The van der Waals surface area contributed by atoms with E-state index in [2.05, 4.69) is 27.8 Å². The van der Waals surface area contributed by atoms with Crippen molar-refractivity contribution < 1.29 is 9.59 Å². The first-order valence-corrected chi connectivity index (χ1v) is 12.3. The van der Waals surface area contributed by atoms with Crippen molar-refractivity contribution in [3.63, 3.8) is 0 Å². The Balaban J connectivity index is 1.91. The second kappa shape index (κ2) is 13.2. The minimum absolute atomic E-state index is 0.0259. The van der Waals surface area contributed by atoms with E-state index in [0.717, 1.165) is 36.3 Å². The molecule has 1 aromatic heterocycles. The molecule has 1 heterocycles. The number of benzene rings is 1. The third-order valence-corrected chi connectivity index (χ3v) is 6.41. The van der Waals surface area contributed by atoms with Crippen LogP contribution in [0.2, 0.25) is 0 Å². The number of hydrogen-bond donors (Lipinski definition) is 2. The van der Waals surface area contributed by atoms with Gasteiger partial charge in [0.25, 0.3) is 0 Å². The molecule has 0 bridgehead atoms. The maximum absolute atomic E-state index is 12.9. The molecular weight excluding hydrogens is 408 g/mol. The Kier molecular flexibility index (Phi) is 10.6. The highest BCUT2D eigenvalue weighted by Gasteiger charge is 2.26. The monoisotopic (exact) mass is 444 g/mol. The molecule has 0 aliphatic carbocycles. The van der Waals surface area contributed by atoms with E-state index >= 15 is 0 Å². The topological polar surface area (TPSA) is 84.0 Å². The number of aromatic nitrogens is 2. The van der Waals surface area contributed by atoms with Crippen LogP contribution in [0.5, 0.6) is 0 Å². The number of nitrogens with one attached hydrogen (secondary N) is 2. The van der Waals surface area contributed by atoms with Crippen LogP contribution in [-0.4, -0.2) is 28.1 Å². The fourth-order valence-electron chi connectivity index (χ4n) is 3.28. The summed E-state index contributed by atoms with van der Waals surface area (Å²) in [6.07, 6.45) is 8.02. The highest BCUT2D eigenvalue weighted by Crippen LogP contribution is 2.26. The van der Waals surface area contributed by atoms with E-state index in [-0.39, 0.29) is 17.7 Å². The van der Waals surface area contributed by atoms with E-state index in [1.165, 1.54) is 36.2 Å². The van der Waals surface area contributed by atoms with Crippen LogP contribution < -0.4 is 10.6 Å². The molecule has 0 spiro atoms. The molecule has 1 aromatic carbocycles. The lowest BCUT2D eigenvalue weighted by Gasteiger charge is -2.23. The van der Waals surface area contributed by atoms with Crippen molar-refractivity contribution >= 4 is 28.3 Å². The average Bonchev–Trinajstić information content (AvgIpc) is 3.22. The Morgan fingerprint density at radius 2 is 1.68 bits per heavy atom. The Morgan fingerprint density at radius 1 is 1.00 bits per heavy atom. The number of carbonyl (C=O) groups is 2. The van der Waals surface area contributed by atoms with Crippen LogP contribution in [0.1, 0.15) is 77.7 Å². The number of anilines is 1. The van der Waals surface area contributed by atoms with E-state index in [0.29, 0.717) is 11.6 Å². The minimum atomic E-state index is -0.579. The molecule has 0 saturated carbocycles. The zero-order chi connectivity index (χ0) is 22.6. The summed E-state index contributed by atoms with van der Waals surface area (Å²) in [4.78, 5) is 25.3. The lowest BCUT2D eigenvalue weighted by Crippen LogP contribution is -2.47. The number of nitrogens with zero attached hydrogens (tertiary/aromatic N) is 2. The van der Waals surface area contributed by atoms with Crippen molar-refractivity contribution in [1.82, 2.24) is 15.5 Å². The molecule has 31 heavy (non-hydrogen) atoms. The van der Waals surface area contributed by atoms with Crippen LogP contribution in [0.4, 0.5) is 5.13 Å². The maximum atomic E-state index is 12.9. The molecule has 2 amide bonds. The van der Waals surface area contributed by atoms with Gasteiger partial charge in [-0.2, -0.15) is 0 Å². The van der Waals surface area contributed by atoms with Gasteiger partial charge in [0, 0.05) is 12.0 Å². The summed E-state index contributed by atoms with van der Waals surface area (Å²) >= 11 is 1.33. The van der Waals surface area contributed by atoms with E-state index in [9.17, 15) is 9.59 Å². The van der Waals surface area contributed by atoms with Crippen LogP contribution in [0, 0.1) is 12.8 Å². The SMILES string of the molecule is CCCCCCCCC(=O)NC(C(=O)Nc1nnc(-c2ccc(C)cc2)s1)C(C)CC. The molecule has 0 saturated heterocycles. The van der Waals surface area contributed by atoms with Crippen molar-refractivity contribution in [3.8, 4) is 10.6 Å². The molecule has 0 fully saturated rings. The van der Waals surface area contributed by atoms with Gasteiger partial charge in [-0.25, -0.2) is 0 Å². The molecule has 2 rings (SSSR count). The number of carbonyl (C=O) groups excluding carboxylic acids is 2. The zero-order valence-corrected chi connectivity index (χ0v) is 20.1. The molecule has 0 aliphatic rings. The van der Waals surface area contributed by atoms with Gasteiger partial charge in [0.05, 0.1) is 0 Å². The summed E-state index contributed by atoms with van der Waals surface area (Å²) < 4.78 is 0. The number of hydrogen-bond acceptors (Lipinski definition) is 5. The fourth-order valence-corrected chi connectivity index (χ4v) is 4.04. The minimum Gasteiger partial charge on any atom is -0.344 e. The molecule has 2 aromatic rings. The van der Waals surface area contributed by atoms with Gasteiger partial charge in [-0.05, 0) is 19.3 Å². The summed E-state index contributed by atoms with van der Waals surface area (Å²) in [5, 5.41) is 15.3. The summed E-state index contributed by atoms with van der Waals surface area (Å²) in [5.74, 6) is -0.274. The molecule has 0 radical (unpaired) electrons. The first kappa shape index (κ1) is 25.0. The Morgan fingerprint density at radius 3 is 2.35 bits per heavy atom. The average molecular weight is 445 g/mol. The largest absolute Gasteiger partial charge is 0.344 e. The molecule has 7 heteroatoms. The molecule has 170 valence electrons. The second-order valence-electron chi connectivity index (χ2n) is 8.22. The van der Waals surface area contributed by atoms with Gasteiger partial charge in [0.1, 0.15) is 11.0 Å². The van der Waals surface area contributed by atoms with Gasteiger partial charge in [0.15, 0.2) is 0 Å². The van der Waals surface area contributed by atoms with Crippen LogP contribution >= 0.6 is 11.3 Å². The number of amides is 2. The number of aryl methyl sites for hydroxylation is 1. The first-order chi connectivity index (χ1) is 14.9. The van der Waals surface area contributed by atoms with E-state index in [4.69, 9.17) is 0 Å². The Labute approximate surface area is 190 Å². The van der Waals surface area contributed by atoms with Crippen molar-refractivity contribution in [1.29, 1.82) is 0 Å². The van der Waals surface area contributed by atoms with E-state index < -0.39 is 6.04 Å². The predicted octanol–water partition coefficient (Wildman–Crippen LogP) is 5.73. The van der Waals surface area contributed by atoms with Crippen molar-refractivity contribution in [2.45, 2.75) is 85.1 Å². The summed E-state index contributed by atoms with van der Waals surface area (Å²) in [6.45, 7) is 8.22.